The van der Waals surface area contributed by atoms with Crippen molar-refractivity contribution >= 4 is 28.3 Å². The van der Waals surface area contributed by atoms with Gasteiger partial charge >= 0.3 is 5.97 Å². The van der Waals surface area contributed by atoms with Crippen LogP contribution in [0, 0.1) is 0 Å². The van der Waals surface area contributed by atoms with Gasteiger partial charge in [0.15, 0.2) is 0 Å². The molecule has 0 unspecified atom stereocenters. The van der Waals surface area contributed by atoms with E-state index in [0.717, 1.165) is 10.8 Å². The topological polar surface area (TPSA) is 66.4 Å². The summed E-state index contributed by atoms with van der Waals surface area (Å²) >= 11 is 0. The SMILES string of the molecule is CC(=O)Nc1ccc2cc(C(=O)O)ccc2c1. The summed E-state index contributed by atoms with van der Waals surface area (Å²) in [4.78, 5) is 21.7. The third-order valence-electron chi connectivity index (χ3n) is 2.41. The second kappa shape index (κ2) is 4.25. The van der Waals surface area contributed by atoms with Gasteiger partial charge in [-0.3, -0.25) is 4.79 Å². The minimum atomic E-state index is -0.946. The van der Waals surface area contributed by atoms with E-state index in [-0.39, 0.29) is 11.5 Å². The Bertz CT molecular complexity index is 605. The van der Waals surface area contributed by atoms with Gasteiger partial charge in [0.1, 0.15) is 0 Å². The minimum absolute atomic E-state index is 0.133. The van der Waals surface area contributed by atoms with Crippen LogP contribution < -0.4 is 5.32 Å². The van der Waals surface area contributed by atoms with Crippen molar-refractivity contribution in [2.45, 2.75) is 6.92 Å². The molecule has 0 spiro atoms. The molecule has 0 fully saturated rings. The van der Waals surface area contributed by atoms with Crippen LogP contribution in [0.4, 0.5) is 5.69 Å². The molecule has 17 heavy (non-hydrogen) atoms. The van der Waals surface area contributed by atoms with Gasteiger partial charge in [-0.05, 0) is 35.0 Å². The van der Waals surface area contributed by atoms with Crippen LogP contribution in [0.5, 0.6) is 0 Å². The maximum atomic E-state index is 10.9. The molecule has 0 aliphatic rings. The van der Waals surface area contributed by atoms with E-state index in [4.69, 9.17) is 5.11 Å². The normalized spacial score (nSPS) is 10.2. The quantitative estimate of drug-likeness (QED) is 0.831. The van der Waals surface area contributed by atoms with Crippen LogP contribution in [-0.4, -0.2) is 17.0 Å². The Balaban J connectivity index is 2.46. The molecule has 0 atom stereocenters. The Labute approximate surface area is 97.9 Å². The number of carboxylic acid groups (broad SMARTS) is 1. The maximum Gasteiger partial charge on any atom is 0.335 e. The van der Waals surface area contributed by atoms with Gasteiger partial charge in [-0.15, -0.1) is 0 Å². The number of aromatic carboxylic acids is 1. The van der Waals surface area contributed by atoms with Gasteiger partial charge < -0.3 is 10.4 Å². The highest BCUT2D eigenvalue weighted by atomic mass is 16.4. The molecule has 2 aromatic rings. The van der Waals surface area contributed by atoms with Crippen molar-refractivity contribution in [3.63, 3.8) is 0 Å². The van der Waals surface area contributed by atoms with Gasteiger partial charge in [-0.2, -0.15) is 0 Å². The van der Waals surface area contributed by atoms with E-state index in [9.17, 15) is 9.59 Å². The van der Waals surface area contributed by atoms with Gasteiger partial charge in [-0.1, -0.05) is 12.1 Å². The summed E-state index contributed by atoms with van der Waals surface area (Å²) in [5.74, 6) is -1.08. The maximum absolute atomic E-state index is 10.9. The first kappa shape index (κ1) is 11.1. The van der Waals surface area contributed by atoms with Crippen LogP contribution >= 0.6 is 0 Å². The first-order chi connectivity index (χ1) is 8.06. The first-order valence-corrected chi connectivity index (χ1v) is 5.11. The highest BCUT2D eigenvalue weighted by Gasteiger charge is 2.04. The van der Waals surface area contributed by atoms with E-state index in [1.165, 1.54) is 6.92 Å². The number of amides is 1. The van der Waals surface area contributed by atoms with E-state index in [1.54, 1.807) is 30.3 Å². The molecule has 2 rings (SSSR count). The summed E-state index contributed by atoms with van der Waals surface area (Å²) in [5.41, 5.74) is 0.956. The Morgan fingerprint density at radius 2 is 1.71 bits per heavy atom. The van der Waals surface area contributed by atoms with E-state index in [0.29, 0.717) is 5.69 Å². The number of hydrogen-bond acceptors (Lipinski definition) is 2. The van der Waals surface area contributed by atoms with E-state index < -0.39 is 5.97 Å². The number of rotatable bonds is 2. The molecule has 2 N–H and O–H groups in total. The van der Waals surface area contributed by atoms with Crippen LogP contribution in [0.2, 0.25) is 0 Å². The molecular weight excluding hydrogens is 218 g/mol. The molecule has 0 heterocycles. The van der Waals surface area contributed by atoms with Crippen LogP contribution in [-0.2, 0) is 4.79 Å². The van der Waals surface area contributed by atoms with Gasteiger partial charge in [0.2, 0.25) is 5.91 Å². The third kappa shape index (κ3) is 2.42. The predicted octanol–water partition coefficient (Wildman–Crippen LogP) is 2.50. The van der Waals surface area contributed by atoms with Crippen molar-refractivity contribution < 1.29 is 14.7 Å². The second-order valence-electron chi connectivity index (χ2n) is 3.76. The average Bonchev–Trinajstić information content (AvgIpc) is 2.27. The molecule has 4 nitrogen and oxygen atoms in total. The lowest BCUT2D eigenvalue weighted by Gasteiger charge is -2.04. The van der Waals surface area contributed by atoms with Crippen LogP contribution in [0.25, 0.3) is 10.8 Å². The average molecular weight is 229 g/mol. The summed E-state index contributed by atoms with van der Waals surface area (Å²) in [7, 11) is 0. The largest absolute Gasteiger partial charge is 0.478 e. The van der Waals surface area contributed by atoms with Crippen molar-refractivity contribution in [3.8, 4) is 0 Å². The van der Waals surface area contributed by atoms with Gasteiger partial charge in [0, 0.05) is 12.6 Å². The number of anilines is 1. The Morgan fingerprint density at radius 3 is 2.35 bits per heavy atom. The molecule has 0 saturated carbocycles. The van der Waals surface area contributed by atoms with Crippen LogP contribution in [0.3, 0.4) is 0 Å². The number of carbonyl (C=O) groups excluding carboxylic acids is 1. The molecule has 4 heteroatoms. The fourth-order valence-corrected chi connectivity index (χ4v) is 1.66. The Morgan fingerprint density at radius 1 is 1.06 bits per heavy atom. The predicted molar refractivity (Wildman–Crippen MR) is 65.2 cm³/mol. The highest BCUT2D eigenvalue weighted by molar-refractivity contribution is 5.97. The fourth-order valence-electron chi connectivity index (χ4n) is 1.66. The van der Waals surface area contributed by atoms with Crippen LogP contribution in [0.15, 0.2) is 36.4 Å². The molecule has 1 amide bonds. The smallest absolute Gasteiger partial charge is 0.335 e. The molecule has 0 bridgehead atoms. The number of carbonyl (C=O) groups is 2. The van der Waals surface area contributed by atoms with Gasteiger partial charge in [0.25, 0.3) is 0 Å². The molecule has 0 saturated heterocycles. The number of nitrogens with one attached hydrogen (secondary N) is 1. The molecule has 0 aliphatic carbocycles. The summed E-state index contributed by atoms with van der Waals surface area (Å²) < 4.78 is 0. The Kier molecular flexibility index (Phi) is 2.78. The number of hydrogen-bond donors (Lipinski definition) is 2. The van der Waals surface area contributed by atoms with Crippen LogP contribution in [0.1, 0.15) is 17.3 Å². The van der Waals surface area contributed by atoms with Gasteiger partial charge in [-0.25, -0.2) is 4.79 Å². The second-order valence-corrected chi connectivity index (χ2v) is 3.76. The number of carboxylic acids is 1. The zero-order valence-corrected chi connectivity index (χ0v) is 9.23. The zero-order valence-electron chi connectivity index (χ0n) is 9.23. The fraction of sp³-hybridized carbons (Fsp3) is 0.0769. The zero-order chi connectivity index (χ0) is 12.4. The monoisotopic (exact) mass is 229 g/mol. The first-order valence-electron chi connectivity index (χ1n) is 5.11. The lowest BCUT2D eigenvalue weighted by Crippen LogP contribution is -2.05. The molecule has 86 valence electrons. The van der Waals surface area contributed by atoms with E-state index in [2.05, 4.69) is 5.32 Å². The van der Waals surface area contributed by atoms with Crippen molar-refractivity contribution in [1.29, 1.82) is 0 Å². The van der Waals surface area contributed by atoms with E-state index >= 15 is 0 Å². The van der Waals surface area contributed by atoms with Crippen molar-refractivity contribution in [2.24, 2.45) is 0 Å². The van der Waals surface area contributed by atoms with Crippen molar-refractivity contribution in [3.05, 3.63) is 42.0 Å². The summed E-state index contributed by atoms with van der Waals surface area (Å²) in [6.07, 6.45) is 0. The van der Waals surface area contributed by atoms with Crippen molar-refractivity contribution in [1.82, 2.24) is 0 Å². The number of benzene rings is 2. The molecular formula is C13H11NO3. The summed E-state index contributed by atoms with van der Waals surface area (Å²) in [6, 6.07) is 10.2. The number of fused-ring (bicyclic) bond motifs is 1. The molecule has 0 radical (unpaired) electrons. The lowest BCUT2D eigenvalue weighted by molar-refractivity contribution is -0.114. The van der Waals surface area contributed by atoms with Gasteiger partial charge in [0.05, 0.1) is 5.56 Å². The molecule has 2 aromatic carbocycles. The van der Waals surface area contributed by atoms with E-state index in [1.807, 2.05) is 6.07 Å². The summed E-state index contributed by atoms with van der Waals surface area (Å²) in [5, 5.41) is 13.3. The minimum Gasteiger partial charge on any atom is -0.478 e. The lowest BCUT2D eigenvalue weighted by atomic mass is 10.1. The molecule has 0 aliphatic heterocycles. The molecule has 0 aromatic heterocycles. The highest BCUT2D eigenvalue weighted by Crippen LogP contribution is 2.20. The third-order valence-corrected chi connectivity index (χ3v) is 2.41. The van der Waals surface area contributed by atoms with Crippen molar-refractivity contribution in [2.75, 3.05) is 5.32 Å². The standard InChI is InChI=1S/C13H11NO3/c1-8(15)14-12-5-4-9-6-11(13(16)17)3-2-10(9)7-12/h2-7H,1H3,(H,14,15)(H,16,17). The Hall–Kier alpha value is -2.36. The summed E-state index contributed by atoms with van der Waals surface area (Å²) in [6.45, 7) is 1.44.